The van der Waals surface area contributed by atoms with Crippen LogP contribution < -0.4 is 10.6 Å². The summed E-state index contributed by atoms with van der Waals surface area (Å²) in [5.41, 5.74) is 3.78. The zero-order valence-electron chi connectivity index (χ0n) is 14.9. The lowest BCUT2D eigenvalue weighted by Crippen LogP contribution is -2.38. The van der Waals surface area contributed by atoms with Crippen molar-refractivity contribution < 1.29 is 4.21 Å². The van der Waals surface area contributed by atoms with Gasteiger partial charge in [-0.05, 0) is 37.1 Å². The molecule has 0 aliphatic rings. The van der Waals surface area contributed by atoms with Gasteiger partial charge in [0.15, 0.2) is 5.96 Å². The third kappa shape index (κ3) is 7.15. The maximum Gasteiger partial charge on any atom is 0.191 e. The second kappa shape index (κ2) is 11.3. The molecule has 0 heterocycles. The Morgan fingerprint density at radius 2 is 1.80 bits per heavy atom. The van der Waals surface area contributed by atoms with Crippen molar-refractivity contribution in [3.8, 4) is 0 Å². The van der Waals surface area contributed by atoms with Crippen LogP contribution in [0.3, 0.4) is 0 Å². The van der Waals surface area contributed by atoms with Crippen molar-refractivity contribution in [2.45, 2.75) is 25.3 Å². The minimum absolute atomic E-state index is 0. The minimum atomic E-state index is -0.993. The summed E-state index contributed by atoms with van der Waals surface area (Å²) in [7, 11) is 0.748. The van der Waals surface area contributed by atoms with Crippen LogP contribution in [0.5, 0.6) is 0 Å². The molecule has 2 aromatic rings. The molecule has 2 rings (SSSR count). The molecule has 2 N–H and O–H groups in total. The SMILES string of the molecule is CN=C(NCCS(=O)c1ccccc1)NCc1ccc(C)cc1C.I. The van der Waals surface area contributed by atoms with Gasteiger partial charge in [0, 0.05) is 30.8 Å². The summed E-state index contributed by atoms with van der Waals surface area (Å²) in [4.78, 5) is 5.07. The zero-order chi connectivity index (χ0) is 17.4. The van der Waals surface area contributed by atoms with Gasteiger partial charge in [0.1, 0.15) is 0 Å². The molecule has 0 fully saturated rings. The molecule has 2 aromatic carbocycles. The van der Waals surface area contributed by atoms with Crippen LogP contribution in [0, 0.1) is 13.8 Å². The molecule has 0 aromatic heterocycles. The molecule has 0 aliphatic carbocycles. The number of rotatable bonds is 6. The van der Waals surface area contributed by atoms with Crippen LogP contribution in [-0.4, -0.2) is 29.5 Å². The maximum atomic E-state index is 12.2. The predicted molar refractivity (Wildman–Crippen MR) is 117 cm³/mol. The largest absolute Gasteiger partial charge is 0.355 e. The van der Waals surface area contributed by atoms with Crippen molar-refractivity contribution in [3.63, 3.8) is 0 Å². The molecule has 0 radical (unpaired) electrons. The van der Waals surface area contributed by atoms with Crippen LogP contribution >= 0.6 is 24.0 Å². The quantitative estimate of drug-likeness (QED) is 0.386. The van der Waals surface area contributed by atoms with E-state index in [1.807, 2.05) is 30.3 Å². The first kappa shape index (κ1) is 21.6. The second-order valence-corrected chi connectivity index (χ2v) is 7.22. The number of nitrogens with zero attached hydrogens (tertiary/aromatic N) is 1. The normalized spacial score (nSPS) is 12.2. The first-order valence-corrected chi connectivity index (χ1v) is 9.36. The van der Waals surface area contributed by atoms with Crippen LogP contribution in [0.25, 0.3) is 0 Å². The molecule has 4 nitrogen and oxygen atoms in total. The van der Waals surface area contributed by atoms with Crippen molar-refractivity contribution in [3.05, 3.63) is 65.2 Å². The van der Waals surface area contributed by atoms with Crippen molar-refractivity contribution in [1.82, 2.24) is 10.6 Å². The average Bonchev–Trinajstić information content (AvgIpc) is 2.59. The van der Waals surface area contributed by atoms with E-state index in [2.05, 4.69) is 47.7 Å². The van der Waals surface area contributed by atoms with Crippen LogP contribution in [0.2, 0.25) is 0 Å². The van der Waals surface area contributed by atoms with Gasteiger partial charge in [-0.25, -0.2) is 0 Å². The number of aliphatic imine (C=N–C) groups is 1. The van der Waals surface area contributed by atoms with E-state index in [0.29, 0.717) is 18.8 Å². The highest BCUT2D eigenvalue weighted by molar-refractivity contribution is 14.0. The van der Waals surface area contributed by atoms with Gasteiger partial charge in [-0.1, -0.05) is 42.0 Å². The molecule has 136 valence electrons. The van der Waals surface area contributed by atoms with E-state index in [1.165, 1.54) is 16.7 Å². The third-order valence-electron chi connectivity index (χ3n) is 3.75. The molecule has 0 aliphatic heterocycles. The Bertz CT molecular complexity index is 720. The molecular formula is C19H26IN3OS. The van der Waals surface area contributed by atoms with Gasteiger partial charge < -0.3 is 10.6 Å². The van der Waals surface area contributed by atoms with Crippen LogP contribution in [0.1, 0.15) is 16.7 Å². The lowest BCUT2D eigenvalue weighted by molar-refractivity contribution is 0.681. The Balaban J connectivity index is 0.00000312. The van der Waals surface area contributed by atoms with E-state index in [-0.39, 0.29) is 24.0 Å². The van der Waals surface area contributed by atoms with Crippen LogP contribution in [-0.2, 0) is 17.3 Å². The van der Waals surface area contributed by atoms with Gasteiger partial charge in [-0.3, -0.25) is 9.20 Å². The number of benzene rings is 2. The van der Waals surface area contributed by atoms with E-state index in [0.717, 1.165) is 10.9 Å². The molecule has 0 saturated heterocycles. The smallest absolute Gasteiger partial charge is 0.191 e. The highest BCUT2D eigenvalue weighted by atomic mass is 127. The molecule has 0 saturated carbocycles. The molecule has 25 heavy (non-hydrogen) atoms. The molecule has 0 spiro atoms. The summed E-state index contributed by atoms with van der Waals surface area (Å²) in [6.07, 6.45) is 0. The number of hydrogen-bond acceptors (Lipinski definition) is 2. The number of guanidine groups is 1. The molecule has 1 atom stereocenters. The van der Waals surface area contributed by atoms with Gasteiger partial charge in [-0.2, -0.15) is 0 Å². The fraction of sp³-hybridized carbons (Fsp3) is 0.316. The number of halogens is 1. The summed E-state index contributed by atoms with van der Waals surface area (Å²) < 4.78 is 12.2. The fourth-order valence-electron chi connectivity index (χ4n) is 2.40. The Labute approximate surface area is 170 Å². The van der Waals surface area contributed by atoms with Crippen LogP contribution in [0.15, 0.2) is 58.4 Å². The number of hydrogen-bond donors (Lipinski definition) is 2. The van der Waals surface area contributed by atoms with Gasteiger partial charge in [0.05, 0.1) is 10.8 Å². The van der Waals surface area contributed by atoms with Crippen molar-refractivity contribution in [1.29, 1.82) is 0 Å². The monoisotopic (exact) mass is 471 g/mol. The highest BCUT2D eigenvalue weighted by Gasteiger charge is 2.04. The topological polar surface area (TPSA) is 53.5 Å². The van der Waals surface area contributed by atoms with Gasteiger partial charge in [-0.15, -0.1) is 24.0 Å². The highest BCUT2D eigenvalue weighted by Crippen LogP contribution is 2.10. The Kier molecular flexibility index (Phi) is 9.74. The van der Waals surface area contributed by atoms with E-state index in [4.69, 9.17) is 0 Å². The average molecular weight is 471 g/mol. The van der Waals surface area contributed by atoms with E-state index < -0.39 is 10.8 Å². The third-order valence-corrected chi connectivity index (χ3v) is 5.13. The van der Waals surface area contributed by atoms with Gasteiger partial charge in [0.25, 0.3) is 0 Å². The van der Waals surface area contributed by atoms with E-state index in [9.17, 15) is 4.21 Å². The Morgan fingerprint density at radius 3 is 2.44 bits per heavy atom. The van der Waals surface area contributed by atoms with Crippen LogP contribution in [0.4, 0.5) is 0 Å². The van der Waals surface area contributed by atoms with E-state index >= 15 is 0 Å². The van der Waals surface area contributed by atoms with E-state index in [1.54, 1.807) is 7.05 Å². The lowest BCUT2D eigenvalue weighted by Gasteiger charge is -2.13. The zero-order valence-corrected chi connectivity index (χ0v) is 18.1. The minimum Gasteiger partial charge on any atom is -0.355 e. The summed E-state index contributed by atoms with van der Waals surface area (Å²) in [6.45, 7) is 5.53. The standard InChI is InChI=1S/C19H25N3OS.HI/c1-15-9-10-17(16(2)13-15)14-22-19(20-3)21-11-12-24(23)18-7-5-4-6-8-18;/h4-10,13H,11-12,14H2,1-3H3,(H2,20,21,22);1H. The first-order valence-electron chi connectivity index (χ1n) is 8.04. The molecular weight excluding hydrogens is 445 g/mol. The Hall–Kier alpha value is -1.41. The van der Waals surface area contributed by atoms with Gasteiger partial charge in [0.2, 0.25) is 0 Å². The number of aryl methyl sites for hydroxylation is 2. The summed E-state index contributed by atoms with van der Waals surface area (Å²) >= 11 is 0. The first-order chi connectivity index (χ1) is 11.6. The molecule has 6 heteroatoms. The van der Waals surface area contributed by atoms with Crippen molar-refractivity contribution in [2.75, 3.05) is 19.3 Å². The van der Waals surface area contributed by atoms with Crippen molar-refractivity contribution >= 4 is 40.7 Å². The second-order valence-electron chi connectivity index (χ2n) is 5.65. The van der Waals surface area contributed by atoms with Crippen molar-refractivity contribution in [2.24, 2.45) is 4.99 Å². The maximum absolute atomic E-state index is 12.2. The summed E-state index contributed by atoms with van der Waals surface area (Å²) in [6, 6.07) is 16.0. The lowest BCUT2D eigenvalue weighted by atomic mass is 10.1. The summed E-state index contributed by atoms with van der Waals surface area (Å²) in [5.74, 6) is 1.27. The summed E-state index contributed by atoms with van der Waals surface area (Å²) in [5, 5.41) is 6.52. The van der Waals surface area contributed by atoms with Gasteiger partial charge >= 0.3 is 0 Å². The molecule has 1 unspecified atom stereocenters. The molecule has 0 amide bonds. The Morgan fingerprint density at radius 1 is 1.08 bits per heavy atom. The number of nitrogens with one attached hydrogen (secondary N) is 2. The predicted octanol–water partition coefficient (Wildman–Crippen LogP) is 3.39. The molecule has 0 bridgehead atoms. The fourth-order valence-corrected chi connectivity index (χ4v) is 3.38.